The van der Waals surface area contributed by atoms with Gasteiger partial charge >= 0.3 is 5.97 Å². The Morgan fingerprint density at radius 1 is 1.47 bits per heavy atom. The zero-order chi connectivity index (χ0) is 11.7. The van der Waals surface area contributed by atoms with Crippen LogP contribution < -0.4 is 0 Å². The van der Waals surface area contributed by atoms with Gasteiger partial charge in [0, 0.05) is 0 Å². The summed E-state index contributed by atoms with van der Waals surface area (Å²) >= 11 is 0. The standard InChI is InChI=1S/C12H22O3/c1-6-7-11(4)12(15-11,8-9(2)3)10(13)14-5/h9H,6-8H2,1-5H3. The molecule has 0 aromatic rings. The fourth-order valence-electron chi connectivity index (χ4n) is 2.43. The highest BCUT2D eigenvalue weighted by molar-refractivity contribution is 5.84. The third-order valence-corrected chi connectivity index (χ3v) is 3.15. The van der Waals surface area contributed by atoms with E-state index in [-0.39, 0.29) is 11.6 Å². The van der Waals surface area contributed by atoms with Gasteiger partial charge in [0.25, 0.3) is 0 Å². The number of esters is 1. The molecule has 1 aliphatic heterocycles. The summed E-state index contributed by atoms with van der Waals surface area (Å²) in [6, 6.07) is 0. The van der Waals surface area contributed by atoms with Gasteiger partial charge in [0.2, 0.25) is 0 Å². The van der Waals surface area contributed by atoms with Crippen LogP contribution in [-0.4, -0.2) is 24.3 Å². The van der Waals surface area contributed by atoms with Crippen molar-refractivity contribution in [1.82, 2.24) is 0 Å². The van der Waals surface area contributed by atoms with Crippen molar-refractivity contribution in [1.29, 1.82) is 0 Å². The fourth-order valence-corrected chi connectivity index (χ4v) is 2.43. The van der Waals surface area contributed by atoms with Crippen LogP contribution in [0.3, 0.4) is 0 Å². The molecule has 0 spiro atoms. The third-order valence-electron chi connectivity index (χ3n) is 3.15. The molecule has 3 nitrogen and oxygen atoms in total. The number of rotatable bonds is 5. The minimum atomic E-state index is -0.675. The van der Waals surface area contributed by atoms with Gasteiger partial charge in [-0.25, -0.2) is 4.79 Å². The van der Waals surface area contributed by atoms with Crippen LogP contribution in [0.5, 0.6) is 0 Å². The SMILES string of the molecule is CCCC1(C)OC1(CC(C)C)C(=O)OC. The van der Waals surface area contributed by atoms with Crippen molar-refractivity contribution in [3.8, 4) is 0 Å². The largest absolute Gasteiger partial charge is 0.467 e. The van der Waals surface area contributed by atoms with Crippen LogP contribution >= 0.6 is 0 Å². The summed E-state index contributed by atoms with van der Waals surface area (Å²) < 4.78 is 10.6. The van der Waals surface area contributed by atoms with Gasteiger partial charge < -0.3 is 9.47 Å². The molecule has 0 N–H and O–H groups in total. The van der Waals surface area contributed by atoms with E-state index in [1.165, 1.54) is 7.11 Å². The molecule has 1 saturated heterocycles. The maximum Gasteiger partial charge on any atom is 0.341 e. The van der Waals surface area contributed by atoms with E-state index in [2.05, 4.69) is 20.8 Å². The summed E-state index contributed by atoms with van der Waals surface area (Å²) in [5.74, 6) is 0.218. The topological polar surface area (TPSA) is 38.8 Å². The molecular weight excluding hydrogens is 192 g/mol. The minimum Gasteiger partial charge on any atom is -0.467 e. The lowest BCUT2D eigenvalue weighted by atomic mass is 9.84. The molecule has 2 atom stereocenters. The van der Waals surface area contributed by atoms with Crippen molar-refractivity contribution in [2.24, 2.45) is 5.92 Å². The van der Waals surface area contributed by atoms with Crippen molar-refractivity contribution in [3.05, 3.63) is 0 Å². The van der Waals surface area contributed by atoms with E-state index in [0.717, 1.165) is 19.3 Å². The summed E-state index contributed by atoms with van der Waals surface area (Å²) in [4.78, 5) is 11.8. The second-order valence-corrected chi connectivity index (χ2v) is 5.00. The van der Waals surface area contributed by atoms with Crippen molar-refractivity contribution in [3.63, 3.8) is 0 Å². The highest BCUT2D eigenvalue weighted by Gasteiger charge is 2.71. The van der Waals surface area contributed by atoms with Gasteiger partial charge in [-0.3, -0.25) is 0 Å². The number of epoxide rings is 1. The maximum absolute atomic E-state index is 11.8. The van der Waals surface area contributed by atoms with Crippen LogP contribution in [-0.2, 0) is 14.3 Å². The molecule has 2 unspecified atom stereocenters. The van der Waals surface area contributed by atoms with Crippen molar-refractivity contribution < 1.29 is 14.3 Å². The monoisotopic (exact) mass is 214 g/mol. The van der Waals surface area contributed by atoms with E-state index in [0.29, 0.717) is 5.92 Å². The molecule has 0 aromatic heterocycles. The zero-order valence-corrected chi connectivity index (χ0v) is 10.4. The van der Waals surface area contributed by atoms with Gasteiger partial charge in [0.1, 0.15) is 5.60 Å². The average molecular weight is 214 g/mol. The average Bonchev–Trinajstić information content (AvgIpc) is 2.70. The fraction of sp³-hybridized carbons (Fsp3) is 0.917. The molecule has 0 aromatic carbocycles. The Labute approximate surface area is 92.1 Å². The van der Waals surface area contributed by atoms with Gasteiger partial charge in [0.05, 0.1) is 7.11 Å². The molecule has 0 aliphatic carbocycles. The van der Waals surface area contributed by atoms with Gasteiger partial charge in [-0.2, -0.15) is 0 Å². The van der Waals surface area contributed by atoms with Crippen molar-refractivity contribution in [2.75, 3.05) is 7.11 Å². The summed E-state index contributed by atoms with van der Waals surface area (Å²) in [5, 5.41) is 0. The first kappa shape index (κ1) is 12.5. The number of ether oxygens (including phenoxy) is 2. The molecule has 3 heteroatoms. The first-order chi connectivity index (χ1) is 6.92. The Hall–Kier alpha value is -0.570. The van der Waals surface area contributed by atoms with Crippen LogP contribution in [0.2, 0.25) is 0 Å². The molecule has 1 aliphatic rings. The van der Waals surface area contributed by atoms with Crippen LogP contribution in [0.1, 0.15) is 47.0 Å². The summed E-state index contributed by atoms with van der Waals surface area (Å²) in [6.45, 7) is 8.30. The lowest BCUT2D eigenvalue weighted by Gasteiger charge is -2.16. The van der Waals surface area contributed by atoms with E-state index in [4.69, 9.17) is 9.47 Å². The van der Waals surface area contributed by atoms with Crippen molar-refractivity contribution >= 4 is 5.97 Å². The number of carbonyl (C=O) groups excluding carboxylic acids is 1. The predicted molar refractivity (Wildman–Crippen MR) is 58.6 cm³/mol. The van der Waals surface area contributed by atoms with Gasteiger partial charge in [-0.05, 0) is 25.7 Å². The quantitative estimate of drug-likeness (QED) is 0.521. The van der Waals surface area contributed by atoms with E-state index in [1.807, 2.05) is 6.92 Å². The van der Waals surface area contributed by atoms with Crippen LogP contribution in [0.4, 0.5) is 0 Å². The second kappa shape index (κ2) is 4.12. The number of hydrogen-bond donors (Lipinski definition) is 0. The maximum atomic E-state index is 11.8. The van der Waals surface area contributed by atoms with Gasteiger partial charge in [0.15, 0.2) is 5.60 Å². The van der Waals surface area contributed by atoms with E-state index >= 15 is 0 Å². The number of methoxy groups -OCH3 is 1. The minimum absolute atomic E-state index is 0.216. The smallest absolute Gasteiger partial charge is 0.341 e. The molecule has 0 amide bonds. The van der Waals surface area contributed by atoms with Crippen LogP contribution in [0, 0.1) is 5.92 Å². The molecule has 1 heterocycles. The van der Waals surface area contributed by atoms with E-state index in [1.54, 1.807) is 0 Å². The molecular formula is C12H22O3. The zero-order valence-electron chi connectivity index (χ0n) is 10.4. The van der Waals surface area contributed by atoms with E-state index in [9.17, 15) is 4.79 Å². The Bertz CT molecular complexity index is 249. The van der Waals surface area contributed by atoms with Crippen LogP contribution in [0.15, 0.2) is 0 Å². The Kier molecular flexibility index (Phi) is 3.44. The normalized spacial score (nSPS) is 34.3. The molecule has 15 heavy (non-hydrogen) atoms. The lowest BCUT2D eigenvalue weighted by Crippen LogP contribution is -2.35. The van der Waals surface area contributed by atoms with Crippen LogP contribution in [0.25, 0.3) is 0 Å². The number of hydrogen-bond acceptors (Lipinski definition) is 3. The van der Waals surface area contributed by atoms with Gasteiger partial charge in [-0.1, -0.05) is 27.2 Å². The highest BCUT2D eigenvalue weighted by atomic mass is 16.7. The van der Waals surface area contributed by atoms with E-state index < -0.39 is 5.60 Å². The predicted octanol–water partition coefficient (Wildman–Crippen LogP) is 2.53. The number of carbonyl (C=O) groups is 1. The molecule has 0 radical (unpaired) electrons. The Morgan fingerprint density at radius 2 is 2.07 bits per heavy atom. The summed E-state index contributed by atoms with van der Waals surface area (Å²) in [6.07, 6.45) is 2.68. The Balaban J connectivity index is 2.79. The van der Waals surface area contributed by atoms with Crippen molar-refractivity contribution in [2.45, 2.75) is 58.2 Å². The Morgan fingerprint density at radius 3 is 2.47 bits per heavy atom. The first-order valence-electron chi connectivity index (χ1n) is 5.70. The third kappa shape index (κ3) is 2.03. The van der Waals surface area contributed by atoms with Gasteiger partial charge in [-0.15, -0.1) is 0 Å². The molecule has 88 valence electrons. The molecule has 1 fully saturated rings. The molecule has 1 rings (SSSR count). The molecule has 0 bridgehead atoms. The lowest BCUT2D eigenvalue weighted by molar-refractivity contribution is -0.147. The molecule has 0 saturated carbocycles. The first-order valence-corrected chi connectivity index (χ1v) is 5.70. The summed E-state index contributed by atoms with van der Waals surface area (Å²) in [5.41, 5.74) is -0.981. The summed E-state index contributed by atoms with van der Waals surface area (Å²) in [7, 11) is 1.43. The highest BCUT2D eigenvalue weighted by Crippen LogP contribution is 2.55. The second-order valence-electron chi connectivity index (χ2n) is 5.00.